The van der Waals surface area contributed by atoms with Gasteiger partial charge in [0, 0.05) is 6.42 Å². The van der Waals surface area contributed by atoms with Crippen LogP contribution in [-0.4, -0.2) is 87.5 Å². The molecule has 510 valence electrons. The molecular formula is C78H145NO8. The van der Waals surface area contributed by atoms with Gasteiger partial charge in [-0.25, -0.2) is 0 Å². The fourth-order valence-corrected chi connectivity index (χ4v) is 12.1. The van der Waals surface area contributed by atoms with Crippen molar-refractivity contribution in [1.29, 1.82) is 0 Å². The predicted molar refractivity (Wildman–Crippen MR) is 373 cm³/mol. The lowest BCUT2D eigenvalue weighted by Gasteiger charge is -2.40. The van der Waals surface area contributed by atoms with Crippen molar-refractivity contribution in [3.63, 3.8) is 0 Å². The summed E-state index contributed by atoms with van der Waals surface area (Å²) in [5.74, 6) is -0.184. The molecule has 0 aliphatic carbocycles. The Morgan fingerprint density at radius 2 is 0.690 bits per heavy atom. The molecule has 0 aromatic carbocycles. The summed E-state index contributed by atoms with van der Waals surface area (Å²) in [5.41, 5.74) is 0. The summed E-state index contributed by atoms with van der Waals surface area (Å²) in [4.78, 5) is 13.1. The molecule has 0 radical (unpaired) electrons. The van der Waals surface area contributed by atoms with E-state index < -0.39 is 49.5 Å². The molecule has 0 spiro atoms. The zero-order valence-corrected chi connectivity index (χ0v) is 57.3. The maximum Gasteiger partial charge on any atom is 0.220 e. The quantitative estimate of drug-likeness (QED) is 0.0261. The fraction of sp³-hybridized carbons (Fsp3) is 0.859. The van der Waals surface area contributed by atoms with Crippen molar-refractivity contribution >= 4 is 5.91 Å². The highest BCUT2D eigenvalue weighted by molar-refractivity contribution is 5.76. The van der Waals surface area contributed by atoms with Gasteiger partial charge in [-0.05, 0) is 77.0 Å². The van der Waals surface area contributed by atoms with Gasteiger partial charge in [-0.1, -0.05) is 351 Å². The monoisotopic (exact) mass is 1220 g/mol. The molecule has 0 aromatic rings. The maximum atomic E-state index is 13.1. The molecule has 1 amide bonds. The van der Waals surface area contributed by atoms with Crippen LogP contribution in [0.3, 0.4) is 0 Å². The minimum Gasteiger partial charge on any atom is -0.394 e. The van der Waals surface area contributed by atoms with E-state index in [0.717, 1.165) is 51.4 Å². The van der Waals surface area contributed by atoms with E-state index in [2.05, 4.69) is 67.8 Å². The minimum absolute atomic E-state index is 0.184. The number of hydrogen-bond acceptors (Lipinski definition) is 8. The number of rotatable bonds is 67. The molecule has 0 saturated carbocycles. The van der Waals surface area contributed by atoms with Crippen LogP contribution in [0, 0.1) is 0 Å². The van der Waals surface area contributed by atoms with Crippen LogP contribution < -0.4 is 5.32 Å². The summed E-state index contributed by atoms with van der Waals surface area (Å²) in [5, 5.41) is 54.8. The van der Waals surface area contributed by atoms with Gasteiger partial charge in [0.15, 0.2) is 6.29 Å². The average Bonchev–Trinajstić information content (AvgIpc) is 3.37. The molecule has 0 aromatic heterocycles. The van der Waals surface area contributed by atoms with Gasteiger partial charge in [0.1, 0.15) is 24.4 Å². The molecule has 1 saturated heterocycles. The predicted octanol–water partition coefficient (Wildman–Crippen LogP) is 21.3. The van der Waals surface area contributed by atoms with E-state index in [0.29, 0.717) is 6.42 Å². The van der Waals surface area contributed by atoms with Gasteiger partial charge in [0.25, 0.3) is 0 Å². The Morgan fingerprint density at radius 3 is 1.03 bits per heavy atom. The lowest BCUT2D eigenvalue weighted by molar-refractivity contribution is -0.302. The van der Waals surface area contributed by atoms with Gasteiger partial charge < -0.3 is 40.3 Å². The Balaban J connectivity index is 2.10. The second kappa shape index (κ2) is 66.8. The zero-order chi connectivity index (χ0) is 62.8. The molecule has 1 aliphatic heterocycles. The average molecular weight is 1230 g/mol. The Bertz CT molecular complexity index is 1560. The first-order valence-electron chi connectivity index (χ1n) is 38.0. The van der Waals surface area contributed by atoms with E-state index in [4.69, 9.17) is 9.47 Å². The number of nitrogens with one attached hydrogen (secondary N) is 1. The molecule has 7 unspecified atom stereocenters. The first kappa shape index (κ1) is 82.9. The fourth-order valence-electron chi connectivity index (χ4n) is 12.1. The lowest BCUT2D eigenvalue weighted by atomic mass is 9.99. The van der Waals surface area contributed by atoms with Crippen LogP contribution in [0.2, 0.25) is 0 Å². The van der Waals surface area contributed by atoms with E-state index in [9.17, 15) is 30.3 Å². The number of hydrogen-bond donors (Lipinski definition) is 6. The molecule has 7 atom stereocenters. The SMILES string of the molecule is CCCCCCC/C=C\C/C=C\CCCCCCCCCCCCCCCCCCCCCCCCCCCC(=O)NC(COC1OC(CO)C(O)C(O)C1O)C(O)/C=C/CC/C=C/CC/C=C/CCCCCCCCCCCCCCCCCCC. The number of aliphatic hydroxyl groups excluding tert-OH is 5. The third-order valence-corrected chi connectivity index (χ3v) is 18.0. The van der Waals surface area contributed by atoms with Gasteiger partial charge in [0.2, 0.25) is 5.91 Å². The Hall–Kier alpha value is -2.11. The Labute approximate surface area is 538 Å². The van der Waals surface area contributed by atoms with Gasteiger partial charge in [-0.3, -0.25) is 4.79 Å². The van der Waals surface area contributed by atoms with E-state index in [1.165, 1.54) is 302 Å². The van der Waals surface area contributed by atoms with E-state index in [1.54, 1.807) is 6.08 Å². The van der Waals surface area contributed by atoms with Crippen molar-refractivity contribution in [1.82, 2.24) is 5.32 Å². The number of allylic oxidation sites excluding steroid dienone is 9. The molecular weight excluding hydrogens is 1080 g/mol. The van der Waals surface area contributed by atoms with Crippen molar-refractivity contribution in [2.24, 2.45) is 0 Å². The second-order valence-corrected chi connectivity index (χ2v) is 26.4. The van der Waals surface area contributed by atoms with E-state index in [-0.39, 0.29) is 12.5 Å². The Morgan fingerprint density at radius 1 is 0.391 bits per heavy atom. The third-order valence-electron chi connectivity index (χ3n) is 18.0. The second-order valence-electron chi connectivity index (χ2n) is 26.4. The van der Waals surface area contributed by atoms with Crippen molar-refractivity contribution < 1.29 is 39.8 Å². The van der Waals surface area contributed by atoms with Crippen molar-refractivity contribution in [3.8, 4) is 0 Å². The molecule has 0 bridgehead atoms. The summed E-state index contributed by atoms with van der Waals surface area (Å²) in [6.07, 6.45) is 86.5. The highest BCUT2D eigenvalue weighted by Crippen LogP contribution is 2.24. The van der Waals surface area contributed by atoms with Crippen LogP contribution in [-0.2, 0) is 14.3 Å². The Kier molecular flexibility index (Phi) is 63.7. The normalized spacial score (nSPS) is 18.3. The van der Waals surface area contributed by atoms with E-state index >= 15 is 0 Å². The maximum absolute atomic E-state index is 13.1. The highest BCUT2D eigenvalue weighted by Gasteiger charge is 2.44. The van der Waals surface area contributed by atoms with Crippen LogP contribution in [0.4, 0.5) is 0 Å². The van der Waals surface area contributed by atoms with Crippen LogP contribution in [0.5, 0.6) is 0 Å². The van der Waals surface area contributed by atoms with Crippen LogP contribution in [0.25, 0.3) is 0 Å². The lowest BCUT2D eigenvalue weighted by Crippen LogP contribution is -2.60. The van der Waals surface area contributed by atoms with Crippen LogP contribution in [0.1, 0.15) is 373 Å². The summed E-state index contributed by atoms with van der Waals surface area (Å²) in [6.45, 7) is 3.80. The van der Waals surface area contributed by atoms with Crippen LogP contribution >= 0.6 is 0 Å². The molecule has 87 heavy (non-hydrogen) atoms. The molecule has 1 fully saturated rings. The summed E-state index contributed by atoms with van der Waals surface area (Å²) < 4.78 is 11.3. The third kappa shape index (κ3) is 55.3. The topological polar surface area (TPSA) is 149 Å². The number of carbonyl (C=O) groups is 1. The molecule has 9 heteroatoms. The molecule has 1 rings (SSSR count). The van der Waals surface area contributed by atoms with Crippen molar-refractivity contribution in [2.75, 3.05) is 13.2 Å². The van der Waals surface area contributed by atoms with Crippen molar-refractivity contribution in [3.05, 3.63) is 60.8 Å². The molecule has 9 nitrogen and oxygen atoms in total. The van der Waals surface area contributed by atoms with Crippen molar-refractivity contribution in [2.45, 2.75) is 416 Å². The molecule has 1 heterocycles. The largest absolute Gasteiger partial charge is 0.394 e. The van der Waals surface area contributed by atoms with Crippen LogP contribution in [0.15, 0.2) is 60.8 Å². The van der Waals surface area contributed by atoms with Gasteiger partial charge >= 0.3 is 0 Å². The highest BCUT2D eigenvalue weighted by atomic mass is 16.7. The number of amides is 1. The summed E-state index contributed by atoms with van der Waals surface area (Å²) in [6, 6.07) is -0.830. The standard InChI is InChI=1S/C78H145NO8/c1-3-5-7-9-11-13-15-17-19-21-23-25-27-29-31-32-33-34-35-36-37-38-39-40-42-44-46-48-50-52-54-56-58-60-62-64-66-68-74(82)79-71(70-86-78-77(85)76(84)75(83)73(69-80)87-78)72(81)67-65-63-61-59-57-55-53-51-49-47-45-43-41-30-28-26-24-22-20-18-16-14-12-10-8-6-4-2/h15,17,21,23,49,51,57,59,65,67,71-73,75-78,80-81,83-85H,3-14,16,18-20,22,24-48,50,52-56,58,60-64,66,68-70H2,1-2H3,(H,79,82)/b17-15-,23-21-,51-49+,59-57+,67-65+. The van der Waals surface area contributed by atoms with Gasteiger partial charge in [0.05, 0.1) is 25.4 Å². The zero-order valence-electron chi connectivity index (χ0n) is 57.3. The number of ether oxygens (including phenoxy) is 2. The number of carbonyl (C=O) groups excluding carboxylic acids is 1. The van der Waals surface area contributed by atoms with Gasteiger partial charge in [-0.15, -0.1) is 0 Å². The first-order valence-corrected chi connectivity index (χ1v) is 38.0. The van der Waals surface area contributed by atoms with Gasteiger partial charge in [-0.2, -0.15) is 0 Å². The number of unbranched alkanes of at least 4 members (excludes halogenated alkanes) is 49. The smallest absolute Gasteiger partial charge is 0.220 e. The van der Waals surface area contributed by atoms with E-state index in [1.807, 2.05) is 6.08 Å². The summed E-state index contributed by atoms with van der Waals surface area (Å²) in [7, 11) is 0. The molecule has 1 aliphatic rings. The number of aliphatic hydroxyl groups is 5. The first-order chi connectivity index (χ1) is 42.8. The minimum atomic E-state index is -1.58. The molecule has 6 N–H and O–H groups in total. The summed E-state index contributed by atoms with van der Waals surface area (Å²) >= 11 is 0.